The van der Waals surface area contributed by atoms with Crippen molar-refractivity contribution >= 4 is 27.5 Å². The zero-order chi connectivity index (χ0) is 23.7. The van der Waals surface area contributed by atoms with E-state index in [1.54, 1.807) is 17.9 Å². The number of amides is 2. The lowest BCUT2D eigenvalue weighted by atomic mass is 10.0. The first-order chi connectivity index (χ1) is 14.9. The van der Waals surface area contributed by atoms with E-state index in [1.807, 2.05) is 51.1 Å². The number of nitrogens with one attached hydrogen (secondary N) is 1. The second kappa shape index (κ2) is 8.91. The highest BCUT2D eigenvalue weighted by Gasteiger charge is 2.32. The van der Waals surface area contributed by atoms with Crippen molar-refractivity contribution in [3.63, 3.8) is 0 Å². The normalized spacial score (nSPS) is 13.9. The Morgan fingerprint density at radius 2 is 1.81 bits per heavy atom. The van der Waals surface area contributed by atoms with Crippen molar-refractivity contribution in [1.82, 2.24) is 9.21 Å². The number of nitrogens with zero attached hydrogens (tertiary/aromatic N) is 2. The van der Waals surface area contributed by atoms with Crippen LogP contribution in [0, 0.1) is 6.92 Å². The first-order valence-electron chi connectivity index (χ1n) is 10.3. The number of sulfonamides is 1. The van der Waals surface area contributed by atoms with Crippen LogP contribution in [0.15, 0.2) is 47.4 Å². The lowest BCUT2D eigenvalue weighted by Crippen LogP contribution is -2.49. The zero-order valence-corrected chi connectivity index (χ0v) is 19.8. The number of carbonyl (C=O) groups excluding carboxylic acids is 2. The summed E-state index contributed by atoms with van der Waals surface area (Å²) in [5.74, 6) is -0.309. The zero-order valence-electron chi connectivity index (χ0n) is 19.0. The van der Waals surface area contributed by atoms with E-state index in [0.717, 1.165) is 9.87 Å². The van der Waals surface area contributed by atoms with Crippen LogP contribution in [0.3, 0.4) is 0 Å². The van der Waals surface area contributed by atoms with Crippen LogP contribution in [0.2, 0.25) is 0 Å². The van der Waals surface area contributed by atoms with E-state index < -0.39 is 15.6 Å². The Hall–Kier alpha value is -2.91. The average molecular weight is 460 g/mol. The fourth-order valence-electron chi connectivity index (χ4n) is 3.49. The third-order valence-corrected chi connectivity index (χ3v) is 7.20. The molecule has 0 saturated heterocycles. The predicted octanol–water partition coefficient (Wildman–Crippen LogP) is 2.77. The average Bonchev–Trinajstić information content (AvgIpc) is 2.71. The maximum absolute atomic E-state index is 13.3. The minimum atomic E-state index is -3.97. The molecule has 0 spiro atoms. The van der Waals surface area contributed by atoms with Gasteiger partial charge in [0.15, 0.2) is 6.61 Å². The Labute approximate surface area is 189 Å². The fourth-order valence-corrected chi connectivity index (χ4v) is 4.83. The van der Waals surface area contributed by atoms with E-state index in [4.69, 9.17) is 4.74 Å². The Morgan fingerprint density at radius 1 is 1.16 bits per heavy atom. The first-order valence-corrected chi connectivity index (χ1v) is 11.7. The third kappa shape index (κ3) is 5.11. The van der Waals surface area contributed by atoms with Gasteiger partial charge in [-0.05, 0) is 44.9 Å². The topological polar surface area (TPSA) is 96.0 Å². The molecular formula is C23H29N3O5S. The molecule has 9 heteroatoms. The predicted molar refractivity (Wildman–Crippen MR) is 122 cm³/mol. The van der Waals surface area contributed by atoms with Crippen LogP contribution < -0.4 is 10.1 Å². The number of rotatable bonds is 6. The largest absolute Gasteiger partial charge is 0.482 e. The van der Waals surface area contributed by atoms with Crippen LogP contribution in [0.1, 0.15) is 31.9 Å². The molecule has 1 heterocycles. The molecule has 1 aliphatic heterocycles. The molecule has 0 aromatic heterocycles. The van der Waals surface area contributed by atoms with Gasteiger partial charge >= 0.3 is 0 Å². The fraction of sp³-hybridized carbons (Fsp3) is 0.391. The summed E-state index contributed by atoms with van der Waals surface area (Å²) in [6.45, 7) is 7.29. The van der Waals surface area contributed by atoms with Crippen molar-refractivity contribution in [2.24, 2.45) is 0 Å². The molecule has 172 valence electrons. The highest BCUT2D eigenvalue weighted by Crippen LogP contribution is 2.34. The second-order valence-electron chi connectivity index (χ2n) is 8.85. The van der Waals surface area contributed by atoms with E-state index in [-0.39, 0.29) is 35.6 Å². The van der Waals surface area contributed by atoms with Crippen molar-refractivity contribution in [3.05, 3.63) is 53.6 Å². The molecule has 0 fully saturated rings. The SMILES string of the molecule is Cc1cc2c(cc1S(=O)(=O)N(C)CC(=O)N(Cc1ccccc1)C(C)(C)C)OCC(=O)N2. The van der Waals surface area contributed by atoms with Gasteiger partial charge in [-0.3, -0.25) is 9.59 Å². The summed E-state index contributed by atoms with van der Waals surface area (Å²) in [6.07, 6.45) is 0. The van der Waals surface area contributed by atoms with Crippen LogP contribution >= 0.6 is 0 Å². The van der Waals surface area contributed by atoms with E-state index in [0.29, 0.717) is 17.8 Å². The maximum atomic E-state index is 13.3. The van der Waals surface area contributed by atoms with Gasteiger partial charge < -0.3 is 15.0 Å². The second-order valence-corrected chi connectivity index (χ2v) is 10.9. The van der Waals surface area contributed by atoms with Crippen molar-refractivity contribution in [1.29, 1.82) is 0 Å². The Morgan fingerprint density at radius 3 is 2.44 bits per heavy atom. The van der Waals surface area contributed by atoms with E-state index in [9.17, 15) is 18.0 Å². The summed E-state index contributed by atoms with van der Waals surface area (Å²) in [5, 5.41) is 2.66. The molecule has 2 amide bonds. The molecule has 0 bridgehead atoms. The summed E-state index contributed by atoms with van der Waals surface area (Å²) in [6, 6.07) is 12.5. The molecular weight excluding hydrogens is 430 g/mol. The van der Waals surface area contributed by atoms with Crippen LogP contribution in [0.5, 0.6) is 5.75 Å². The number of likely N-dealkylation sites (N-methyl/N-ethyl adjacent to an activating group) is 1. The maximum Gasteiger partial charge on any atom is 0.262 e. The summed E-state index contributed by atoms with van der Waals surface area (Å²) in [7, 11) is -2.58. The quantitative estimate of drug-likeness (QED) is 0.717. The standard InChI is InChI=1S/C23H29N3O5S/c1-16-11-18-19(31-15-21(27)24-18)12-20(16)32(29,30)25(5)14-22(28)26(23(2,3)4)13-17-9-7-6-8-10-17/h6-12H,13-15H2,1-5H3,(H,24,27). The van der Waals surface area contributed by atoms with Crippen molar-refractivity contribution in [2.75, 3.05) is 25.5 Å². The van der Waals surface area contributed by atoms with E-state index in [1.165, 1.54) is 13.1 Å². The summed E-state index contributed by atoms with van der Waals surface area (Å²) in [4.78, 5) is 26.4. The Kier molecular flexibility index (Phi) is 6.61. The summed E-state index contributed by atoms with van der Waals surface area (Å²) >= 11 is 0. The van der Waals surface area contributed by atoms with Gasteiger partial charge in [0.05, 0.1) is 17.1 Å². The summed E-state index contributed by atoms with van der Waals surface area (Å²) < 4.78 is 33.0. The number of benzene rings is 2. The molecule has 0 saturated carbocycles. The lowest BCUT2D eigenvalue weighted by molar-refractivity contribution is -0.136. The number of hydrogen-bond donors (Lipinski definition) is 1. The molecule has 0 radical (unpaired) electrons. The van der Waals surface area contributed by atoms with E-state index in [2.05, 4.69) is 5.32 Å². The smallest absolute Gasteiger partial charge is 0.262 e. The van der Waals surface area contributed by atoms with Gasteiger partial charge in [-0.25, -0.2) is 8.42 Å². The third-order valence-electron chi connectivity index (χ3n) is 5.25. The van der Waals surface area contributed by atoms with Crippen LogP contribution in [-0.2, 0) is 26.2 Å². The molecule has 32 heavy (non-hydrogen) atoms. The molecule has 0 aliphatic carbocycles. The summed E-state index contributed by atoms with van der Waals surface area (Å²) in [5.41, 5.74) is 1.35. The van der Waals surface area contributed by atoms with Crippen LogP contribution in [0.4, 0.5) is 5.69 Å². The van der Waals surface area contributed by atoms with Gasteiger partial charge in [0.25, 0.3) is 5.91 Å². The van der Waals surface area contributed by atoms with Crippen molar-refractivity contribution in [3.8, 4) is 5.75 Å². The molecule has 3 rings (SSSR count). The molecule has 0 unspecified atom stereocenters. The Balaban J connectivity index is 1.83. The van der Waals surface area contributed by atoms with Gasteiger partial charge in [0.2, 0.25) is 15.9 Å². The first kappa shape index (κ1) is 23.7. The molecule has 2 aromatic rings. The minimum absolute atomic E-state index is 0.0352. The number of aryl methyl sites for hydroxylation is 1. The van der Waals surface area contributed by atoms with Crippen molar-refractivity contribution in [2.45, 2.75) is 44.7 Å². The highest BCUT2D eigenvalue weighted by molar-refractivity contribution is 7.89. The van der Waals surface area contributed by atoms with Gasteiger partial charge in [0.1, 0.15) is 5.75 Å². The van der Waals surface area contributed by atoms with Gasteiger partial charge in [-0.1, -0.05) is 30.3 Å². The number of anilines is 1. The number of fused-ring (bicyclic) bond motifs is 1. The minimum Gasteiger partial charge on any atom is -0.482 e. The molecule has 1 aliphatic rings. The molecule has 1 N–H and O–H groups in total. The van der Waals surface area contributed by atoms with Gasteiger partial charge in [-0.2, -0.15) is 4.31 Å². The van der Waals surface area contributed by atoms with Crippen LogP contribution in [0.25, 0.3) is 0 Å². The molecule has 2 aromatic carbocycles. The van der Waals surface area contributed by atoms with Gasteiger partial charge in [-0.15, -0.1) is 0 Å². The highest BCUT2D eigenvalue weighted by atomic mass is 32.2. The van der Waals surface area contributed by atoms with Crippen molar-refractivity contribution < 1.29 is 22.7 Å². The molecule has 8 nitrogen and oxygen atoms in total. The molecule has 0 atom stereocenters. The van der Waals surface area contributed by atoms with E-state index >= 15 is 0 Å². The number of hydrogen-bond acceptors (Lipinski definition) is 5. The van der Waals surface area contributed by atoms with Gasteiger partial charge in [0, 0.05) is 25.2 Å². The Bertz CT molecular complexity index is 1120. The monoisotopic (exact) mass is 459 g/mol. The lowest BCUT2D eigenvalue weighted by Gasteiger charge is -2.37. The number of ether oxygens (including phenoxy) is 1. The van der Waals surface area contributed by atoms with Crippen LogP contribution in [-0.4, -0.2) is 55.2 Å². The number of carbonyl (C=O) groups is 2.